The van der Waals surface area contributed by atoms with Crippen LogP contribution in [0.2, 0.25) is 0 Å². The molecule has 0 amide bonds. The van der Waals surface area contributed by atoms with Crippen molar-refractivity contribution < 1.29 is 18.8 Å². The van der Waals surface area contributed by atoms with E-state index in [1.165, 1.54) is 13.2 Å². The highest BCUT2D eigenvalue weighted by Gasteiger charge is 2.63. The molecular formula is C13H22BNO4. The van der Waals surface area contributed by atoms with Gasteiger partial charge in [-0.2, -0.15) is 0 Å². The number of hydrogen-bond donors (Lipinski definition) is 0. The number of carbonyl (C=O) groups excluding carboxylic acids is 1. The Labute approximate surface area is 115 Å². The van der Waals surface area contributed by atoms with Crippen molar-refractivity contribution in [2.75, 3.05) is 20.7 Å². The van der Waals surface area contributed by atoms with E-state index < -0.39 is 23.8 Å². The van der Waals surface area contributed by atoms with Crippen LogP contribution in [0.15, 0.2) is 12.3 Å². The summed E-state index contributed by atoms with van der Waals surface area (Å²) in [5.74, 6) is -0.119. The first-order chi connectivity index (χ1) is 8.64. The zero-order chi connectivity index (χ0) is 14.5. The first-order valence-corrected chi connectivity index (χ1v) is 6.48. The van der Waals surface area contributed by atoms with Crippen molar-refractivity contribution in [1.82, 2.24) is 4.90 Å². The Balaban J connectivity index is 2.35. The average Bonchev–Trinajstić information content (AvgIpc) is 2.52. The summed E-state index contributed by atoms with van der Waals surface area (Å²) in [7, 11) is 2.71. The van der Waals surface area contributed by atoms with Gasteiger partial charge in [-0.05, 0) is 33.8 Å². The molecule has 1 unspecified atom stereocenters. The maximum absolute atomic E-state index is 12.3. The Morgan fingerprint density at radius 2 is 1.79 bits per heavy atom. The van der Waals surface area contributed by atoms with Gasteiger partial charge in [0.25, 0.3) is 0 Å². The number of carbonyl (C=O) groups is 1. The van der Waals surface area contributed by atoms with Crippen molar-refractivity contribution in [3.63, 3.8) is 0 Å². The summed E-state index contributed by atoms with van der Waals surface area (Å²) in [6, 6.07) is 0. The lowest BCUT2D eigenvalue weighted by Crippen LogP contribution is -2.62. The fourth-order valence-electron chi connectivity index (χ4n) is 2.32. The molecule has 0 N–H and O–H groups in total. The Bertz CT molecular complexity index is 405. The van der Waals surface area contributed by atoms with E-state index in [1.54, 1.807) is 6.20 Å². The van der Waals surface area contributed by atoms with Crippen molar-refractivity contribution in [2.45, 2.75) is 44.4 Å². The van der Waals surface area contributed by atoms with E-state index in [2.05, 4.69) is 0 Å². The predicted molar refractivity (Wildman–Crippen MR) is 72.6 cm³/mol. The lowest BCUT2D eigenvalue weighted by atomic mass is 9.63. The molecule has 1 saturated heterocycles. The van der Waals surface area contributed by atoms with Gasteiger partial charge in [0.2, 0.25) is 0 Å². The molecule has 106 valence electrons. The van der Waals surface area contributed by atoms with Gasteiger partial charge in [0.05, 0.1) is 17.7 Å². The lowest BCUT2D eigenvalue weighted by Gasteiger charge is -2.37. The molecule has 0 spiro atoms. The third-order valence-electron chi connectivity index (χ3n) is 4.38. The molecular weight excluding hydrogens is 245 g/mol. The molecule has 0 saturated carbocycles. The van der Waals surface area contributed by atoms with Crippen molar-refractivity contribution in [3.05, 3.63) is 12.3 Å². The van der Waals surface area contributed by atoms with Crippen LogP contribution in [-0.4, -0.2) is 55.2 Å². The Morgan fingerprint density at radius 1 is 1.26 bits per heavy atom. The summed E-state index contributed by atoms with van der Waals surface area (Å²) in [4.78, 5) is 14.2. The van der Waals surface area contributed by atoms with Crippen LogP contribution >= 0.6 is 0 Å². The minimum atomic E-state index is -1.10. The molecule has 2 heterocycles. The third kappa shape index (κ3) is 2.12. The lowest BCUT2D eigenvalue weighted by molar-refractivity contribution is -0.132. The van der Waals surface area contributed by atoms with Gasteiger partial charge in [0, 0.05) is 20.4 Å². The van der Waals surface area contributed by atoms with Crippen LogP contribution in [0.5, 0.6) is 0 Å². The molecule has 0 aromatic heterocycles. The number of likely N-dealkylation sites (N-methyl/N-ethyl adjacent to an activating group) is 1. The van der Waals surface area contributed by atoms with Crippen molar-refractivity contribution in [2.24, 2.45) is 0 Å². The minimum absolute atomic E-state index is 0.119. The second-order valence-corrected chi connectivity index (χ2v) is 6.28. The van der Waals surface area contributed by atoms with Crippen molar-refractivity contribution in [3.8, 4) is 0 Å². The highest BCUT2D eigenvalue weighted by Crippen LogP contribution is 2.41. The fraction of sp³-hybridized carbons (Fsp3) is 0.769. The van der Waals surface area contributed by atoms with Gasteiger partial charge < -0.3 is 18.9 Å². The number of hydrogen-bond acceptors (Lipinski definition) is 5. The number of ketones is 1. The first-order valence-electron chi connectivity index (χ1n) is 6.48. The molecule has 2 rings (SSSR count). The van der Waals surface area contributed by atoms with Gasteiger partial charge in [-0.25, -0.2) is 0 Å². The van der Waals surface area contributed by atoms with Crippen LogP contribution in [0.25, 0.3) is 0 Å². The molecule has 0 bridgehead atoms. The van der Waals surface area contributed by atoms with Crippen LogP contribution in [0.4, 0.5) is 0 Å². The molecule has 1 fully saturated rings. The van der Waals surface area contributed by atoms with Gasteiger partial charge in [-0.3, -0.25) is 4.79 Å². The summed E-state index contributed by atoms with van der Waals surface area (Å²) in [5.41, 5.74) is -2.07. The van der Waals surface area contributed by atoms with E-state index in [-0.39, 0.29) is 5.78 Å². The van der Waals surface area contributed by atoms with E-state index in [0.717, 1.165) is 0 Å². The summed E-state index contributed by atoms with van der Waals surface area (Å²) in [6.45, 7) is 8.26. The van der Waals surface area contributed by atoms with Crippen LogP contribution in [-0.2, 0) is 18.8 Å². The van der Waals surface area contributed by atoms with Crippen molar-refractivity contribution in [1.29, 1.82) is 0 Å². The molecule has 0 aromatic rings. The largest absolute Gasteiger partial charge is 0.502 e. The second kappa shape index (κ2) is 4.33. The number of ether oxygens (including phenoxy) is 1. The summed E-state index contributed by atoms with van der Waals surface area (Å²) in [6.07, 6.45) is 3.25. The number of rotatable bonds is 2. The van der Waals surface area contributed by atoms with E-state index in [4.69, 9.17) is 14.0 Å². The topological polar surface area (TPSA) is 48.0 Å². The van der Waals surface area contributed by atoms with Crippen molar-refractivity contribution >= 4 is 12.9 Å². The maximum atomic E-state index is 12.3. The van der Waals surface area contributed by atoms with Gasteiger partial charge in [0.15, 0.2) is 11.3 Å². The van der Waals surface area contributed by atoms with Crippen LogP contribution in [0.3, 0.4) is 0 Å². The molecule has 0 aromatic carbocycles. The molecule has 0 aliphatic carbocycles. The summed E-state index contributed by atoms with van der Waals surface area (Å²) >= 11 is 0. The molecule has 2 aliphatic rings. The average molecular weight is 267 g/mol. The normalized spacial score (nSPS) is 33.1. The van der Waals surface area contributed by atoms with Crippen LogP contribution in [0, 0.1) is 0 Å². The second-order valence-electron chi connectivity index (χ2n) is 6.28. The molecule has 2 aliphatic heterocycles. The minimum Gasteiger partial charge on any atom is -0.401 e. The van der Waals surface area contributed by atoms with Gasteiger partial charge >= 0.3 is 7.12 Å². The van der Waals surface area contributed by atoms with Gasteiger partial charge in [-0.15, -0.1) is 0 Å². The predicted octanol–water partition coefficient (Wildman–Crippen LogP) is 1.03. The molecule has 5 nitrogen and oxygen atoms in total. The quantitative estimate of drug-likeness (QED) is 0.699. The Kier molecular flexibility index (Phi) is 3.32. The zero-order valence-corrected chi connectivity index (χ0v) is 12.5. The monoisotopic (exact) mass is 267 g/mol. The summed E-state index contributed by atoms with van der Waals surface area (Å²) < 4.78 is 17.5. The number of methoxy groups -OCH3 is 1. The molecule has 0 radical (unpaired) electrons. The maximum Gasteiger partial charge on any atom is 0.502 e. The SMILES string of the molecule is COC1(B2OC(C)(C)C(C)(C)O2)CN(C)C=CC1=O. The van der Waals surface area contributed by atoms with E-state index in [1.807, 2.05) is 39.6 Å². The smallest absolute Gasteiger partial charge is 0.401 e. The fourth-order valence-corrected chi connectivity index (χ4v) is 2.32. The van der Waals surface area contributed by atoms with E-state index in [0.29, 0.717) is 6.54 Å². The third-order valence-corrected chi connectivity index (χ3v) is 4.38. The van der Waals surface area contributed by atoms with E-state index in [9.17, 15) is 4.79 Å². The highest BCUT2D eigenvalue weighted by atomic mass is 16.7. The van der Waals surface area contributed by atoms with Gasteiger partial charge in [0.1, 0.15) is 0 Å². The number of nitrogens with zero attached hydrogens (tertiary/aromatic N) is 1. The van der Waals surface area contributed by atoms with Gasteiger partial charge in [-0.1, -0.05) is 0 Å². The molecule has 19 heavy (non-hydrogen) atoms. The molecule has 6 heteroatoms. The Hall–Kier alpha value is -0.845. The Morgan fingerprint density at radius 3 is 2.26 bits per heavy atom. The van der Waals surface area contributed by atoms with Crippen LogP contribution in [0.1, 0.15) is 27.7 Å². The first kappa shape index (κ1) is 14.6. The standard InChI is InChI=1S/C13H22BNO4/c1-11(2)12(3,4)19-14(18-11)13(17-6)9-15(5)8-7-10(13)16/h7-8H,9H2,1-6H3. The highest BCUT2D eigenvalue weighted by molar-refractivity contribution is 6.56. The molecule has 1 atom stereocenters. The summed E-state index contributed by atoms with van der Waals surface area (Å²) in [5, 5.41) is 0. The van der Waals surface area contributed by atoms with E-state index >= 15 is 0 Å². The van der Waals surface area contributed by atoms with Crippen LogP contribution < -0.4 is 0 Å². The zero-order valence-electron chi connectivity index (χ0n) is 12.5.